The number of nitrogens with zero attached hydrogens (tertiary/aromatic N) is 1. The van der Waals surface area contributed by atoms with Crippen molar-refractivity contribution in [3.8, 4) is 0 Å². The molecule has 1 aliphatic heterocycles. The highest BCUT2D eigenvalue weighted by Crippen LogP contribution is 2.23. The van der Waals surface area contributed by atoms with Crippen molar-refractivity contribution in [3.63, 3.8) is 0 Å². The van der Waals surface area contributed by atoms with Crippen LogP contribution in [0.4, 0.5) is 0 Å². The van der Waals surface area contributed by atoms with Gasteiger partial charge in [0.1, 0.15) is 0 Å². The van der Waals surface area contributed by atoms with Gasteiger partial charge in [0.15, 0.2) is 0 Å². The normalized spacial score (nSPS) is 23.0. The summed E-state index contributed by atoms with van der Waals surface area (Å²) in [6.45, 7) is 4.92. The van der Waals surface area contributed by atoms with Gasteiger partial charge in [-0.3, -0.25) is 0 Å². The molecule has 0 amide bonds. The molecule has 26 heavy (non-hydrogen) atoms. The Hall–Kier alpha value is -1.93. The molecule has 1 saturated heterocycles. The van der Waals surface area contributed by atoms with Crippen LogP contribution in [0.2, 0.25) is 0 Å². The topological polar surface area (TPSA) is 27.1 Å². The SMILES string of the molecule is CC(CCC1=CC(C=Cc2ccccc2)C(=N)C=C1)N1CCCCCC1. The van der Waals surface area contributed by atoms with E-state index in [0.717, 1.165) is 6.42 Å². The average molecular weight is 349 g/mol. The molecule has 0 bridgehead atoms. The lowest BCUT2D eigenvalue weighted by atomic mass is 9.90. The Bertz CT molecular complexity index is 661. The second kappa shape index (κ2) is 9.68. The fraction of sp³-hybridized carbons (Fsp3) is 0.458. The van der Waals surface area contributed by atoms with Crippen molar-refractivity contribution in [2.45, 2.75) is 51.5 Å². The molecular weight excluding hydrogens is 316 g/mol. The molecule has 0 spiro atoms. The van der Waals surface area contributed by atoms with E-state index >= 15 is 0 Å². The second-order valence-corrected chi connectivity index (χ2v) is 7.66. The molecule has 1 aliphatic carbocycles. The molecule has 3 rings (SSSR count). The molecule has 1 aromatic rings. The van der Waals surface area contributed by atoms with Crippen LogP contribution in [0.5, 0.6) is 0 Å². The number of rotatable bonds is 6. The largest absolute Gasteiger partial charge is 0.304 e. The van der Waals surface area contributed by atoms with Gasteiger partial charge in [-0.25, -0.2) is 0 Å². The minimum atomic E-state index is 0.101. The van der Waals surface area contributed by atoms with Gasteiger partial charge in [0.05, 0.1) is 0 Å². The molecule has 0 radical (unpaired) electrons. The van der Waals surface area contributed by atoms with E-state index < -0.39 is 0 Å². The highest BCUT2D eigenvalue weighted by Gasteiger charge is 2.17. The van der Waals surface area contributed by atoms with E-state index in [-0.39, 0.29) is 5.92 Å². The predicted molar refractivity (Wildman–Crippen MR) is 113 cm³/mol. The number of hydrogen-bond acceptors (Lipinski definition) is 2. The van der Waals surface area contributed by atoms with Gasteiger partial charge in [0.2, 0.25) is 0 Å². The highest BCUT2D eigenvalue weighted by molar-refractivity contribution is 5.98. The van der Waals surface area contributed by atoms with Gasteiger partial charge < -0.3 is 10.3 Å². The first-order valence-electron chi connectivity index (χ1n) is 10.2. The van der Waals surface area contributed by atoms with Crippen LogP contribution >= 0.6 is 0 Å². The number of benzene rings is 1. The quantitative estimate of drug-likeness (QED) is 0.683. The Balaban J connectivity index is 1.56. The van der Waals surface area contributed by atoms with Crippen molar-refractivity contribution < 1.29 is 0 Å². The summed E-state index contributed by atoms with van der Waals surface area (Å²) in [7, 11) is 0. The fourth-order valence-corrected chi connectivity index (χ4v) is 3.88. The fourth-order valence-electron chi connectivity index (χ4n) is 3.88. The smallest absolute Gasteiger partial charge is 0.0420 e. The Morgan fingerprint density at radius 3 is 2.54 bits per heavy atom. The van der Waals surface area contributed by atoms with Gasteiger partial charge in [-0.2, -0.15) is 0 Å². The third-order valence-electron chi connectivity index (χ3n) is 5.64. The standard InChI is InChI=1S/C24H32N2/c1-20(26-17-7-2-3-8-18-26)11-12-22-14-16-24(25)23(19-22)15-13-21-9-5-4-6-10-21/h4-6,9-10,13-16,19-20,23,25H,2-3,7-8,11-12,17-18H2,1H3. The van der Waals surface area contributed by atoms with Crippen molar-refractivity contribution in [1.82, 2.24) is 4.90 Å². The molecule has 1 heterocycles. The minimum absolute atomic E-state index is 0.101. The molecular formula is C24H32N2. The minimum Gasteiger partial charge on any atom is -0.304 e. The summed E-state index contributed by atoms with van der Waals surface area (Å²) >= 11 is 0. The van der Waals surface area contributed by atoms with Crippen molar-refractivity contribution in [2.75, 3.05) is 13.1 Å². The summed E-state index contributed by atoms with van der Waals surface area (Å²) in [5.74, 6) is 0.101. The molecule has 1 fully saturated rings. The molecule has 1 aromatic carbocycles. The van der Waals surface area contributed by atoms with Gasteiger partial charge in [-0.05, 0) is 57.3 Å². The van der Waals surface area contributed by atoms with Crippen LogP contribution in [0, 0.1) is 11.3 Å². The predicted octanol–water partition coefficient (Wildman–Crippen LogP) is 5.88. The second-order valence-electron chi connectivity index (χ2n) is 7.66. The Kier molecular flexibility index (Phi) is 7.02. The van der Waals surface area contributed by atoms with E-state index in [0.29, 0.717) is 11.8 Å². The monoisotopic (exact) mass is 348 g/mol. The molecule has 2 aliphatic rings. The van der Waals surface area contributed by atoms with Crippen LogP contribution < -0.4 is 0 Å². The number of hydrogen-bond donors (Lipinski definition) is 1. The maximum atomic E-state index is 8.21. The van der Waals surface area contributed by atoms with Crippen LogP contribution in [0.15, 0.2) is 60.2 Å². The summed E-state index contributed by atoms with van der Waals surface area (Å²) in [5, 5.41) is 8.21. The molecule has 138 valence electrons. The van der Waals surface area contributed by atoms with E-state index in [1.54, 1.807) is 0 Å². The third kappa shape index (κ3) is 5.54. The van der Waals surface area contributed by atoms with E-state index in [1.165, 1.54) is 56.3 Å². The van der Waals surface area contributed by atoms with Crippen LogP contribution in [0.1, 0.15) is 51.0 Å². The van der Waals surface area contributed by atoms with E-state index in [9.17, 15) is 0 Å². The lowest BCUT2D eigenvalue weighted by molar-refractivity contribution is 0.208. The van der Waals surface area contributed by atoms with Gasteiger partial charge in [-0.1, -0.05) is 73.1 Å². The lowest BCUT2D eigenvalue weighted by Crippen LogP contribution is -2.33. The van der Waals surface area contributed by atoms with Gasteiger partial charge in [0.25, 0.3) is 0 Å². The van der Waals surface area contributed by atoms with Crippen LogP contribution in [0.3, 0.4) is 0 Å². The average Bonchev–Trinajstić information content (AvgIpc) is 2.96. The van der Waals surface area contributed by atoms with E-state index in [4.69, 9.17) is 5.41 Å². The highest BCUT2D eigenvalue weighted by atomic mass is 15.1. The van der Waals surface area contributed by atoms with Crippen LogP contribution in [-0.2, 0) is 0 Å². The zero-order valence-corrected chi connectivity index (χ0v) is 16.0. The molecule has 0 aromatic heterocycles. The summed E-state index contributed by atoms with van der Waals surface area (Å²) in [6.07, 6.45) is 18.5. The van der Waals surface area contributed by atoms with E-state index in [1.807, 2.05) is 12.1 Å². The maximum absolute atomic E-state index is 8.21. The lowest BCUT2D eigenvalue weighted by Gasteiger charge is -2.28. The van der Waals surface area contributed by atoms with Crippen molar-refractivity contribution in [1.29, 1.82) is 5.41 Å². The first-order valence-corrected chi connectivity index (χ1v) is 10.2. The molecule has 1 N–H and O–H groups in total. The molecule has 2 unspecified atom stereocenters. The van der Waals surface area contributed by atoms with E-state index in [2.05, 4.69) is 60.4 Å². The Labute approximate surface area is 158 Å². The van der Waals surface area contributed by atoms with Gasteiger partial charge in [-0.15, -0.1) is 0 Å². The third-order valence-corrected chi connectivity index (χ3v) is 5.64. The zero-order valence-electron chi connectivity index (χ0n) is 16.0. The molecule has 2 nitrogen and oxygen atoms in total. The Morgan fingerprint density at radius 2 is 1.81 bits per heavy atom. The summed E-state index contributed by atoms with van der Waals surface area (Å²) in [6, 6.07) is 11.0. The van der Waals surface area contributed by atoms with Gasteiger partial charge >= 0.3 is 0 Å². The number of likely N-dealkylation sites (tertiary alicyclic amines) is 1. The number of nitrogens with one attached hydrogen (secondary N) is 1. The first-order chi connectivity index (χ1) is 12.7. The van der Waals surface area contributed by atoms with Crippen LogP contribution in [0.25, 0.3) is 6.08 Å². The van der Waals surface area contributed by atoms with Crippen molar-refractivity contribution in [2.24, 2.45) is 5.92 Å². The first kappa shape index (κ1) is 18.8. The summed E-state index contributed by atoms with van der Waals surface area (Å²) < 4.78 is 0. The Morgan fingerprint density at radius 1 is 1.08 bits per heavy atom. The molecule has 2 heteroatoms. The summed E-state index contributed by atoms with van der Waals surface area (Å²) in [4.78, 5) is 2.68. The maximum Gasteiger partial charge on any atom is 0.0420 e. The zero-order chi connectivity index (χ0) is 18.2. The number of allylic oxidation sites excluding steroid dienone is 5. The van der Waals surface area contributed by atoms with Crippen molar-refractivity contribution in [3.05, 3.63) is 65.8 Å². The molecule has 2 atom stereocenters. The van der Waals surface area contributed by atoms with Gasteiger partial charge in [0, 0.05) is 17.7 Å². The van der Waals surface area contributed by atoms with Crippen molar-refractivity contribution >= 4 is 11.8 Å². The summed E-state index contributed by atoms with van der Waals surface area (Å²) in [5.41, 5.74) is 3.26. The molecule has 0 saturated carbocycles. The van der Waals surface area contributed by atoms with Crippen LogP contribution in [-0.4, -0.2) is 29.7 Å².